The number of hydrogen-bond acceptors (Lipinski definition) is 6. The van der Waals surface area contributed by atoms with Gasteiger partial charge in [0.25, 0.3) is 0 Å². The van der Waals surface area contributed by atoms with Crippen molar-refractivity contribution in [3.05, 3.63) is 65.2 Å². The maximum Gasteiger partial charge on any atom is 0.341 e. The third kappa shape index (κ3) is 4.33. The average Bonchev–Trinajstić information content (AvgIpc) is 3.15. The molecule has 0 amide bonds. The highest BCUT2D eigenvalue weighted by molar-refractivity contribution is 5.92. The standard InChI is InChI=1S/C24H26N2O4/c1-29-24(28)20-4-2-3-5-22(20)30-23-11-19-15-26(14-18(19)10-21(23)27)13-17-8-6-16(12-25)7-9-17/h2-9,18-19,21,23,27H,10-11,13-15H2,1H3/t18-,19+,21+,23+/m0/s1. The zero-order chi connectivity index (χ0) is 21.1. The van der Waals surface area contributed by atoms with Gasteiger partial charge in [-0.25, -0.2) is 4.79 Å². The van der Waals surface area contributed by atoms with Crippen molar-refractivity contribution >= 4 is 5.97 Å². The smallest absolute Gasteiger partial charge is 0.341 e. The summed E-state index contributed by atoms with van der Waals surface area (Å²) in [6.07, 6.45) is 0.545. The second-order valence-corrected chi connectivity index (χ2v) is 8.21. The predicted molar refractivity (Wildman–Crippen MR) is 111 cm³/mol. The molecule has 2 aromatic rings. The number of aliphatic hydroxyl groups excluding tert-OH is 1. The largest absolute Gasteiger partial charge is 0.487 e. The molecule has 6 heteroatoms. The highest BCUT2D eigenvalue weighted by Gasteiger charge is 2.42. The maximum atomic E-state index is 12.0. The number of hydrogen-bond donors (Lipinski definition) is 1. The van der Waals surface area contributed by atoms with Crippen LogP contribution >= 0.6 is 0 Å². The normalized spacial score (nSPS) is 25.9. The summed E-state index contributed by atoms with van der Waals surface area (Å²) in [6, 6.07) is 16.9. The second kappa shape index (κ2) is 8.86. The molecule has 1 aliphatic carbocycles. The number of aliphatic hydroxyl groups is 1. The minimum Gasteiger partial charge on any atom is -0.487 e. The van der Waals surface area contributed by atoms with Crippen LogP contribution < -0.4 is 4.74 Å². The summed E-state index contributed by atoms with van der Waals surface area (Å²) in [7, 11) is 1.35. The third-order valence-corrected chi connectivity index (χ3v) is 6.22. The molecule has 1 saturated heterocycles. The zero-order valence-corrected chi connectivity index (χ0v) is 17.0. The number of methoxy groups -OCH3 is 1. The van der Waals surface area contributed by atoms with E-state index in [1.807, 2.05) is 30.3 Å². The number of carbonyl (C=O) groups excluding carboxylic acids is 1. The Hall–Kier alpha value is -2.88. The van der Waals surface area contributed by atoms with E-state index in [0.29, 0.717) is 35.1 Å². The number of rotatable bonds is 5. The van der Waals surface area contributed by atoms with Gasteiger partial charge in [0.2, 0.25) is 0 Å². The van der Waals surface area contributed by atoms with Gasteiger partial charge in [-0.05, 0) is 54.5 Å². The number of nitriles is 1. The SMILES string of the molecule is COC(=O)c1ccccc1O[C@@H]1C[C@@H]2CN(Cc3ccc(C#N)cc3)C[C@@H]2C[C@H]1O. The Morgan fingerprint density at radius 3 is 2.53 bits per heavy atom. The van der Waals surface area contributed by atoms with Gasteiger partial charge in [-0.1, -0.05) is 24.3 Å². The van der Waals surface area contributed by atoms with E-state index < -0.39 is 12.1 Å². The molecule has 4 atom stereocenters. The van der Waals surface area contributed by atoms with Crippen molar-refractivity contribution in [1.82, 2.24) is 4.90 Å². The van der Waals surface area contributed by atoms with Gasteiger partial charge in [0.05, 0.1) is 24.8 Å². The average molecular weight is 406 g/mol. The number of fused-ring (bicyclic) bond motifs is 1. The van der Waals surface area contributed by atoms with Gasteiger partial charge in [-0.15, -0.1) is 0 Å². The van der Waals surface area contributed by atoms with Crippen molar-refractivity contribution in [2.75, 3.05) is 20.2 Å². The molecule has 2 aromatic carbocycles. The number of likely N-dealkylation sites (tertiary alicyclic amines) is 1. The van der Waals surface area contributed by atoms with E-state index in [4.69, 9.17) is 14.7 Å². The monoisotopic (exact) mass is 406 g/mol. The number of para-hydroxylation sites is 1. The molecule has 1 heterocycles. The summed E-state index contributed by atoms with van der Waals surface area (Å²) in [6.45, 7) is 2.74. The highest BCUT2D eigenvalue weighted by Crippen LogP contribution is 2.39. The van der Waals surface area contributed by atoms with Crippen LogP contribution in [0.2, 0.25) is 0 Å². The first kappa shape index (κ1) is 20.4. The summed E-state index contributed by atoms with van der Waals surface area (Å²) >= 11 is 0. The van der Waals surface area contributed by atoms with Gasteiger partial charge in [-0.2, -0.15) is 5.26 Å². The van der Waals surface area contributed by atoms with Crippen molar-refractivity contribution < 1.29 is 19.4 Å². The molecule has 0 bridgehead atoms. The van der Waals surface area contributed by atoms with Crippen LogP contribution in [0.1, 0.15) is 34.3 Å². The molecule has 0 spiro atoms. The van der Waals surface area contributed by atoms with Gasteiger partial charge in [0.1, 0.15) is 17.4 Å². The zero-order valence-electron chi connectivity index (χ0n) is 17.0. The molecule has 0 radical (unpaired) electrons. The molecular weight excluding hydrogens is 380 g/mol. The molecule has 4 rings (SSSR count). The number of ether oxygens (including phenoxy) is 2. The van der Waals surface area contributed by atoms with Crippen LogP contribution in [0.4, 0.5) is 0 Å². The molecule has 156 valence electrons. The van der Waals surface area contributed by atoms with E-state index in [-0.39, 0.29) is 6.10 Å². The van der Waals surface area contributed by atoms with Gasteiger partial charge in [0.15, 0.2) is 0 Å². The van der Waals surface area contributed by atoms with Crippen LogP contribution in [-0.2, 0) is 11.3 Å². The lowest BCUT2D eigenvalue weighted by atomic mass is 9.78. The number of nitrogens with zero attached hydrogens (tertiary/aromatic N) is 2. The first-order chi connectivity index (χ1) is 14.6. The minimum atomic E-state index is -0.563. The van der Waals surface area contributed by atoms with Crippen molar-refractivity contribution in [3.8, 4) is 11.8 Å². The maximum absolute atomic E-state index is 12.0. The van der Waals surface area contributed by atoms with Gasteiger partial charge < -0.3 is 14.6 Å². The first-order valence-electron chi connectivity index (χ1n) is 10.3. The predicted octanol–water partition coefficient (Wildman–Crippen LogP) is 3.00. The fourth-order valence-electron chi connectivity index (χ4n) is 4.70. The van der Waals surface area contributed by atoms with E-state index >= 15 is 0 Å². The molecule has 0 unspecified atom stereocenters. The van der Waals surface area contributed by atoms with Gasteiger partial charge in [0, 0.05) is 19.6 Å². The lowest BCUT2D eigenvalue weighted by Gasteiger charge is -2.35. The van der Waals surface area contributed by atoms with Crippen molar-refractivity contribution in [2.24, 2.45) is 11.8 Å². The molecule has 0 aromatic heterocycles. The Morgan fingerprint density at radius 2 is 1.83 bits per heavy atom. The number of esters is 1. The van der Waals surface area contributed by atoms with E-state index in [1.54, 1.807) is 18.2 Å². The summed E-state index contributed by atoms with van der Waals surface area (Å²) in [5, 5.41) is 19.7. The van der Waals surface area contributed by atoms with Gasteiger partial charge in [-0.3, -0.25) is 4.90 Å². The van der Waals surface area contributed by atoms with E-state index in [0.717, 1.165) is 26.1 Å². The molecule has 1 N–H and O–H groups in total. The van der Waals surface area contributed by atoms with E-state index in [9.17, 15) is 9.90 Å². The van der Waals surface area contributed by atoms with E-state index in [1.165, 1.54) is 12.7 Å². The molecule has 2 fully saturated rings. The van der Waals surface area contributed by atoms with Crippen molar-refractivity contribution in [3.63, 3.8) is 0 Å². The lowest BCUT2D eigenvalue weighted by Crippen LogP contribution is -2.42. The summed E-state index contributed by atoms with van der Waals surface area (Å²) in [5.74, 6) is 0.902. The number of benzene rings is 2. The lowest BCUT2D eigenvalue weighted by molar-refractivity contribution is -0.0237. The Kier molecular flexibility index (Phi) is 6.03. The Balaban J connectivity index is 1.40. The molecule has 30 heavy (non-hydrogen) atoms. The topological polar surface area (TPSA) is 82.8 Å². The van der Waals surface area contributed by atoms with Crippen molar-refractivity contribution in [2.45, 2.75) is 31.6 Å². The fourth-order valence-corrected chi connectivity index (χ4v) is 4.70. The molecule has 1 aliphatic heterocycles. The Bertz CT molecular complexity index is 937. The van der Waals surface area contributed by atoms with Crippen molar-refractivity contribution in [1.29, 1.82) is 5.26 Å². The molecule has 1 saturated carbocycles. The Morgan fingerprint density at radius 1 is 1.13 bits per heavy atom. The van der Waals surface area contributed by atoms with Crippen LogP contribution in [0.5, 0.6) is 5.75 Å². The van der Waals surface area contributed by atoms with Crippen LogP contribution in [0.15, 0.2) is 48.5 Å². The highest BCUT2D eigenvalue weighted by atomic mass is 16.5. The fraction of sp³-hybridized carbons (Fsp3) is 0.417. The third-order valence-electron chi connectivity index (χ3n) is 6.22. The van der Waals surface area contributed by atoms with Crippen LogP contribution in [-0.4, -0.2) is 48.4 Å². The first-order valence-corrected chi connectivity index (χ1v) is 10.3. The van der Waals surface area contributed by atoms with Crippen LogP contribution in [0.25, 0.3) is 0 Å². The van der Waals surface area contributed by atoms with Gasteiger partial charge >= 0.3 is 5.97 Å². The summed E-state index contributed by atoms with van der Waals surface area (Å²) in [4.78, 5) is 14.4. The van der Waals surface area contributed by atoms with E-state index in [2.05, 4.69) is 11.0 Å². The van der Waals surface area contributed by atoms with Crippen LogP contribution in [0.3, 0.4) is 0 Å². The Labute approximate surface area is 176 Å². The minimum absolute atomic E-state index is 0.341. The quantitative estimate of drug-likeness (QED) is 0.769. The molecular formula is C24H26N2O4. The summed E-state index contributed by atoms with van der Waals surface area (Å²) in [5.41, 5.74) is 2.24. The number of carbonyl (C=O) groups is 1. The summed E-state index contributed by atoms with van der Waals surface area (Å²) < 4.78 is 11.0. The van der Waals surface area contributed by atoms with Crippen LogP contribution in [0, 0.1) is 23.2 Å². The second-order valence-electron chi connectivity index (χ2n) is 8.21. The molecule has 2 aliphatic rings. The molecule has 6 nitrogen and oxygen atoms in total.